The largest absolute Gasteiger partial charge is 0.492 e. The SMILES string of the molecule is COC(=O)CN(CC(=O)NCCOc1ccc(Cl)cc1)Cc1ccccc1. The highest BCUT2D eigenvalue weighted by Crippen LogP contribution is 2.15. The molecule has 2 aromatic carbocycles. The number of hydrogen-bond acceptors (Lipinski definition) is 5. The Hall–Kier alpha value is -2.57. The Balaban J connectivity index is 1.77. The summed E-state index contributed by atoms with van der Waals surface area (Å²) >= 11 is 5.82. The van der Waals surface area contributed by atoms with Crippen LogP contribution < -0.4 is 10.1 Å². The molecule has 1 N–H and O–H groups in total. The number of nitrogens with zero attached hydrogens (tertiary/aromatic N) is 1. The molecule has 0 aromatic heterocycles. The van der Waals surface area contributed by atoms with Crippen molar-refractivity contribution in [3.05, 3.63) is 65.2 Å². The van der Waals surface area contributed by atoms with Gasteiger partial charge in [-0.1, -0.05) is 41.9 Å². The Kier molecular flexibility index (Phi) is 8.61. The molecule has 0 aliphatic carbocycles. The van der Waals surface area contributed by atoms with E-state index in [9.17, 15) is 9.59 Å². The molecule has 0 radical (unpaired) electrons. The number of amides is 1. The van der Waals surface area contributed by atoms with Gasteiger partial charge in [0.05, 0.1) is 26.7 Å². The maximum atomic E-state index is 12.2. The van der Waals surface area contributed by atoms with Crippen molar-refractivity contribution >= 4 is 23.5 Å². The van der Waals surface area contributed by atoms with Crippen LogP contribution in [0, 0.1) is 0 Å². The Morgan fingerprint density at radius 1 is 1.04 bits per heavy atom. The van der Waals surface area contributed by atoms with E-state index in [0.29, 0.717) is 30.5 Å². The van der Waals surface area contributed by atoms with Gasteiger partial charge in [0.25, 0.3) is 0 Å². The first-order valence-electron chi connectivity index (χ1n) is 8.55. The molecule has 0 atom stereocenters. The summed E-state index contributed by atoms with van der Waals surface area (Å²) in [6.07, 6.45) is 0. The molecule has 2 rings (SSSR count). The number of carbonyl (C=O) groups excluding carboxylic acids is 2. The van der Waals surface area contributed by atoms with Gasteiger partial charge in [-0.05, 0) is 29.8 Å². The van der Waals surface area contributed by atoms with Crippen molar-refractivity contribution in [3.63, 3.8) is 0 Å². The van der Waals surface area contributed by atoms with Gasteiger partial charge in [-0.2, -0.15) is 0 Å². The quantitative estimate of drug-likeness (QED) is 0.498. The van der Waals surface area contributed by atoms with E-state index in [2.05, 4.69) is 5.32 Å². The van der Waals surface area contributed by atoms with Crippen LogP contribution in [0.15, 0.2) is 54.6 Å². The van der Waals surface area contributed by atoms with Crippen molar-refractivity contribution in [3.8, 4) is 5.75 Å². The molecule has 0 spiro atoms. The molecule has 144 valence electrons. The zero-order chi connectivity index (χ0) is 19.5. The number of nitrogens with one attached hydrogen (secondary N) is 1. The van der Waals surface area contributed by atoms with Crippen LogP contribution >= 0.6 is 11.6 Å². The highest BCUT2D eigenvalue weighted by molar-refractivity contribution is 6.30. The summed E-state index contributed by atoms with van der Waals surface area (Å²) in [7, 11) is 1.33. The molecular weight excluding hydrogens is 368 g/mol. The van der Waals surface area contributed by atoms with Gasteiger partial charge in [0, 0.05) is 11.6 Å². The number of methoxy groups -OCH3 is 1. The summed E-state index contributed by atoms with van der Waals surface area (Å²) in [5, 5.41) is 3.43. The van der Waals surface area contributed by atoms with E-state index in [1.165, 1.54) is 7.11 Å². The molecule has 0 aliphatic rings. The fourth-order valence-corrected chi connectivity index (χ4v) is 2.53. The number of halogens is 1. The maximum absolute atomic E-state index is 12.2. The van der Waals surface area contributed by atoms with Crippen molar-refractivity contribution in [2.45, 2.75) is 6.54 Å². The molecule has 27 heavy (non-hydrogen) atoms. The molecule has 1 amide bonds. The maximum Gasteiger partial charge on any atom is 0.319 e. The fraction of sp³-hybridized carbons (Fsp3) is 0.300. The molecule has 0 fully saturated rings. The zero-order valence-corrected chi connectivity index (χ0v) is 15.9. The Labute approximate surface area is 164 Å². The fourth-order valence-electron chi connectivity index (χ4n) is 2.41. The zero-order valence-electron chi connectivity index (χ0n) is 15.2. The predicted molar refractivity (Wildman–Crippen MR) is 104 cm³/mol. The minimum Gasteiger partial charge on any atom is -0.492 e. The van der Waals surface area contributed by atoms with E-state index < -0.39 is 0 Å². The Bertz CT molecular complexity index is 723. The topological polar surface area (TPSA) is 67.9 Å². The second-order valence-corrected chi connectivity index (χ2v) is 6.30. The van der Waals surface area contributed by atoms with Crippen LogP contribution in [-0.2, 0) is 20.9 Å². The predicted octanol–water partition coefficient (Wildman–Crippen LogP) is 2.51. The van der Waals surface area contributed by atoms with Crippen molar-refractivity contribution < 1.29 is 19.1 Å². The van der Waals surface area contributed by atoms with Gasteiger partial charge in [-0.3, -0.25) is 14.5 Å². The van der Waals surface area contributed by atoms with E-state index >= 15 is 0 Å². The van der Waals surface area contributed by atoms with Gasteiger partial charge in [-0.25, -0.2) is 0 Å². The van der Waals surface area contributed by atoms with Crippen molar-refractivity contribution in [2.75, 3.05) is 33.4 Å². The first-order chi connectivity index (χ1) is 13.1. The molecule has 0 saturated carbocycles. The van der Waals surface area contributed by atoms with E-state index in [-0.39, 0.29) is 25.0 Å². The summed E-state index contributed by atoms with van der Waals surface area (Å²) in [6, 6.07) is 16.7. The molecule has 0 aliphatic heterocycles. The molecule has 0 saturated heterocycles. The molecular formula is C20H23ClN2O4. The van der Waals surface area contributed by atoms with Crippen LogP contribution in [0.25, 0.3) is 0 Å². The summed E-state index contributed by atoms with van der Waals surface area (Å²) in [6.45, 7) is 1.30. The van der Waals surface area contributed by atoms with Crippen molar-refractivity contribution in [1.82, 2.24) is 10.2 Å². The Morgan fingerprint density at radius 3 is 2.41 bits per heavy atom. The molecule has 0 unspecified atom stereocenters. The molecule has 0 heterocycles. The van der Waals surface area contributed by atoms with Gasteiger partial charge in [0.15, 0.2) is 0 Å². The summed E-state index contributed by atoms with van der Waals surface area (Å²) in [5.74, 6) is 0.115. The number of benzene rings is 2. The minimum absolute atomic E-state index is 0.0418. The van der Waals surface area contributed by atoms with Crippen LogP contribution in [0.1, 0.15) is 5.56 Å². The number of rotatable bonds is 10. The average molecular weight is 391 g/mol. The molecule has 7 heteroatoms. The summed E-state index contributed by atoms with van der Waals surface area (Å²) in [5.41, 5.74) is 1.01. The summed E-state index contributed by atoms with van der Waals surface area (Å²) < 4.78 is 10.2. The third-order valence-electron chi connectivity index (χ3n) is 3.70. The minimum atomic E-state index is -0.384. The first kappa shape index (κ1) is 20.7. The second-order valence-electron chi connectivity index (χ2n) is 5.86. The van der Waals surface area contributed by atoms with Gasteiger partial charge < -0.3 is 14.8 Å². The van der Waals surface area contributed by atoms with Gasteiger partial charge in [0.2, 0.25) is 5.91 Å². The van der Waals surface area contributed by atoms with E-state index in [0.717, 1.165) is 5.56 Å². The highest BCUT2D eigenvalue weighted by Gasteiger charge is 2.15. The van der Waals surface area contributed by atoms with Crippen LogP contribution in [0.5, 0.6) is 5.75 Å². The van der Waals surface area contributed by atoms with Crippen molar-refractivity contribution in [2.24, 2.45) is 0 Å². The van der Waals surface area contributed by atoms with Crippen molar-refractivity contribution in [1.29, 1.82) is 0 Å². The van der Waals surface area contributed by atoms with Crippen LogP contribution in [0.3, 0.4) is 0 Å². The number of esters is 1. The normalized spacial score (nSPS) is 10.5. The smallest absolute Gasteiger partial charge is 0.319 e. The second kappa shape index (κ2) is 11.2. The lowest BCUT2D eigenvalue weighted by Gasteiger charge is -2.20. The first-order valence-corrected chi connectivity index (χ1v) is 8.93. The molecule has 6 nitrogen and oxygen atoms in total. The average Bonchev–Trinajstić information content (AvgIpc) is 2.67. The number of hydrogen-bond donors (Lipinski definition) is 1. The van der Waals surface area contributed by atoms with Gasteiger partial charge in [0.1, 0.15) is 12.4 Å². The molecule has 0 bridgehead atoms. The Morgan fingerprint density at radius 2 is 1.74 bits per heavy atom. The number of carbonyl (C=O) groups is 2. The standard InChI is InChI=1S/C20H23ClN2O4/c1-26-20(25)15-23(13-16-5-3-2-4-6-16)14-19(24)22-11-12-27-18-9-7-17(21)8-10-18/h2-10H,11-15H2,1H3,(H,22,24). The monoisotopic (exact) mass is 390 g/mol. The van der Waals surface area contributed by atoms with E-state index in [1.54, 1.807) is 29.2 Å². The van der Waals surface area contributed by atoms with Crippen LogP contribution in [0.4, 0.5) is 0 Å². The van der Waals surface area contributed by atoms with Gasteiger partial charge >= 0.3 is 5.97 Å². The summed E-state index contributed by atoms with van der Waals surface area (Å²) in [4.78, 5) is 25.5. The third-order valence-corrected chi connectivity index (χ3v) is 3.96. The third kappa shape index (κ3) is 8.11. The van der Waals surface area contributed by atoms with Gasteiger partial charge in [-0.15, -0.1) is 0 Å². The molecule has 2 aromatic rings. The van der Waals surface area contributed by atoms with Crippen LogP contribution in [0.2, 0.25) is 5.02 Å². The van der Waals surface area contributed by atoms with E-state index in [1.807, 2.05) is 30.3 Å². The van der Waals surface area contributed by atoms with E-state index in [4.69, 9.17) is 21.1 Å². The number of ether oxygens (including phenoxy) is 2. The highest BCUT2D eigenvalue weighted by atomic mass is 35.5. The lowest BCUT2D eigenvalue weighted by molar-refractivity contribution is -0.142. The lowest BCUT2D eigenvalue weighted by atomic mass is 10.2. The van der Waals surface area contributed by atoms with Crippen LogP contribution in [-0.4, -0.2) is 50.1 Å². The lowest BCUT2D eigenvalue weighted by Crippen LogP contribution is -2.40.